The largest absolute Gasteiger partial charge is 0.444 e. The second-order valence-electron chi connectivity index (χ2n) is 5.07. The molecule has 5 heteroatoms. The van der Waals surface area contributed by atoms with E-state index >= 15 is 0 Å². The summed E-state index contributed by atoms with van der Waals surface area (Å²) in [4.78, 5) is 23.0. The minimum Gasteiger partial charge on any atom is -0.444 e. The lowest BCUT2D eigenvalue weighted by Gasteiger charge is -2.19. The number of amides is 1. The highest BCUT2D eigenvalue weighted by Crippen LogP contribution is 2.08. The third kappa shape index (κ3) is 5.42. The van der Waals surface area contributed by atoms with Gasteiger partial charge in [0.2, 0.25) is 0 Å². The fraction of sp³-hybridized carbons (Fsp3) is 0.429. The topological polar surface area (TPSA) is 64.6 Å². The quantitative estimate of drug-likeness (QED) is 0.674. The average molecular weight is 265 g/mol. The van der Waals surface area contributed by atoms with Gasteiger partial charge in [0.15, 0.2) is 6.73 Å². The van der Waals surface area contributed by atoms with E-state index in [4.69, 9.17) is 9.47 Å². The van der Waals surface area contributed by atoms with Crippen molar-refractivity contribution >= 4 is 12.1 Å². The van der Waals surface area contributed by atoms with Crippen molar-refractivity contribution in [1.82, 2.24) is 5.32 Å². The highest BCUT2D eigenvalue weighted by Gasteiger charge is 2.16. The molecule has 0 radical (unpaired) electrons. The van der Waals surface area contributed by atoms with E-state index in [2.05, 4.69) is 5.32 Å². The minimum atomic E-state index is -0.620. The van der Waals surface area contributed by atoms with Crippen molar-refractivity contribution < 1.29 is 19.1 Å². The number of alkyl carbamates (subject to hydrolysis) is 1. The molecule has 0 saturated carbocycles. The zero-order chi connectivity index (χ0) is 14.5. The van der Waals surface area contributed by atoms with E-state index < -0.39 is 17.7 Å². The molecule has 104 valence electrons. The summed E-state index contributed by atoms with van der Waals surface area (Å²) >= 11 is 0. The van der Waals surface area contributed by atoms with Gasteiger partial charge in [0.1, 0.15) is 5.60 Å². The fourth-order valence-electron chi connectivity index (χ4n) is 1.35. The normalized spacial score (nSPS) is 10.7. The van der Waals surface area contributed by atoms with E-state index in [9.17, 15) is 9.59 Å². The number of hydrogen-bond donors (Lipinski definition) is 1. The summed E-state index contributed by atoms with van der Waals surface area (Å²) in [6.07, 6.45) is -0.620. The van der Waals surface area contributed by atoms with Crippen LogP contribution in [0.5, 0.6) is 0 Å². The van der Waals surface area contributed by atoms with E-state index in [0.717, 1.165) is 5.56 Å². The summed E-state index contributed by atoms with van der Waals surface area (Å²) in [6.45, 7) is 6.86. The number of carbonyl (C=O) groups excluding carboxylic acids is 2. The van der Waals surface area contributed by atoms with E-state index in [0.29, 0.717) is 5.56 Å². The number of aryl methyl sites for hydroxylation is 1. The molecular weight excluding hydrogens is 246 g/mol. The molecule has 0 fully saturated rings. The first-order valence-corrected chi connectivity index (χ1v) is 5.99. The lowest BCUT2D eigenvalue weighted by atomic mass is 10.1. The van der Waals surface area contributed by atoms with Crippen LogP contribution in [0.15, 0.2) is 24.3 Å². The van der Waals surface area contributed by atoms with Gasteiger partial charge in [-0.15, -0.1) is 0 Å². The SMILES string of the molecule is Cc1ccccc1C(=O)OCNC(=O)OC(C)(C)C. The molecule has 1 aromatic carbocycles. The Balaban J connectivity index is 2.40. The van der Waals surface area contributed by atoms with Gasteiger partial charge in [-0.1, -0.05) is 18.2 Å². The Morgan fingerprint density at radius 1 is 1.21 bits per heavy atom. The molecule has 1 amide bonds. The molecule has 0 aromatic heterocycles. The molecule has 1 N–H and O–H groups in total. The smallest absolute Gasteiger partial charge is 0.410 e. The molecule has 1 aromatic rings. The van der Waals surface area contributed by atoms with Gasteiger partial charge < -0.3 is 9.47 Å². The van der Waals surface area contributed by atoms with Gasteiger partial charge in [-0.3, -0.25) is 5.32 Å². The molecular formula is C14H19NO4. The minimum absolute atomic E-state index is 0.220. The maximum absolute atomic E-state index is 11.7. The molecule has 0 spiro atoms. The van der Waals surface area contributed by atoms with Crippen LogP contribution in [-0.4, -0.2) is 24.4 Å². The van der Waals surface area contributed by atoms with Crippen LogP contribution in [0.1, 0.15) is 36.7 Å². The average Bonchev–Trinajstić information content (AvgIpc) is 2.26. The predicted molar refractivity (Wildman–Crippen MR) is 70.8 cm³/mol. The van der Waals surface area contributed by atoms with Crippen LogP contribution in [-0.2, 0) is 9.47 Å². The zero-order valence-corrected chi connectivity index (χ0v) is 11.6. The molecule has 0 heterocycles. The Labute approximate surface area is 112 Å². The van der Waals surface area contributed by atoms with Crippen LogP contribution < -0.4 is 5.32 Å². The molecule has 5 nitrogen and oxygen atoms in total. The molecule has 0 aliphatic rings. The van der Waals surface area contributed by atoms with Crippen molar-refractivity contribution in [3.63, 3.8) is 0 Å². The first-order chi connectivity index (χ1) is 8.79. The van der Waals surface area contributed by atoms with Crippen molar-refractivity contribution in [2.45, 2.75) is 33.3 Å². The molecule has 0 saturated heterocycles. The second-order valence-corrected chi connectivity index (χ2v) is 5.07. The van der Waals surface area contributed by atoms with Gasteiger partial charge in [0, 0.05) is 0 Å². The summed E-state index contributed by atoms with van der Waals surface area (Å²) in [6, 6.07) is 7.08. The highest BCUT2D eigenvalue weighted by molar-refractivity contribution is 5.91. The molecule has 0 bridgehead atoms. The number of rotatable bonds is 3. The van der Waals surface area contributed by atoms with Crippen LogP contribution in [0.2, 0.25) is 0 Å². The molecule has 0 aliphatic heterocycles. The van der Waals surface area contributed by atoms with Crippen molar-refractivity contribution in [3.05, 3.63) is 35.4 Å². The Kier molecular flexibility index (Phi) is 4.92. The van der Waals surface area contributed by atoms with Gasteiger partial charge in [-0.05, 0) is 39.3 Å². The number of ether oxygens (including phenoxy) is 2. The molecule has 19 heavy (non-hydrogen) atoms. The van der Waals surface area contributed by atoms with Crippen molar-refractivity contribution in [2.24, 2.45) is 0 Å². The Hall–Kier alpha value is -2.04. The van der Waals surface area contributed by atoms with E-state index in [1.807, 2.05) is 19.1 Å². The van der Waals surface area contributed by atoms with Crippen LogP contribution in [0.25, 0.3) is 0 Å². The first kappa shape index (κ1) is 15.0. The van der Waals surface area contributed by atoms with Crippen LogP contribution in [0.3, 0.4) is 0 Å². The van der Waals surface area contributed by atoms with Gasteiger partial charge in [-0.2, -0.15) is 0 Å². The predicted octanol–water partition coefficient (Wildman–Crippen LogP) is 2.63. The number of carbonyl (C=O) groups is 2. The Morgan fingerprint density at radius 2 is 1.84 bits per heavy atom. The molecule has 0 atom stereocenters. The van der Waals surface area contributed by atoms with Crippen LogP contribution >= 0.6 is 0 Å². The third-order valence-electron chi connectivity index (χ3n) is 2.18. The van der Waals surface area contributed by atoms with Crippen molar-refractivity contribution in [3.8, 4) is 0 Å². The van der Waals surface area contributed by atoms with Gasteiger partial charge in [0.25, 0.3) is 0 Å². The Bertz CT molecular complexity index is 463. The summed E-state index contributed by atoms with van der Waals surface area (Å²) in [5, 5.41) is 2.36. The lowest BCUT2D eigenvalue weighted by Crippen LogP contribution is -2.34. The van der Waals surface area contributed by atoms with Gasteiger partial charge in [-0.25, -0.2) is 9.59 Å². The Morgan fingerprint density at radius 3 is 2.42 bits per heavy atom. The van der Waals surface area contributed by atoms with E-state index in [-0.39, 0.29) is 6.73 Å². The maximum atomic E-state index is 11.7. The summed E-state index contributed by atoms with van der Waals surface area (Å²) in [7, 11) is 0. The summed E-state index contributed by atoms with van der Waals surface area (Å²) in [5.41, 5.74) is 0.725. The van der Waals surface area contributed by atoms with Crippen LogP contribution in [0.4, 0.5) is 4.79 Å². The molecule has 1 rings (SSSR count). The number of hydrogen-bond acceptors (Lipinski definition) is 4. The third-order valence-corrected chi connectivity index (χ3v) is 2.18. The van der Waals surface area contributed by atoms with E-state index in [1.54, 1.807) is 32.9 Å². The van der Waals surface area contributed by atoms with Crippen LogP contribution in [0, 0.1) is 6.92 Å². The number of nitrogens with one attached hydrogen (secondary N) is 1. The summed E-state index contributed by atoms with van der Waals surface area (Å²) in [5.74, 6) is -0.478. The second kappa shape index (κ2) is 6.22. The molecule has 0 unspecified atom stereocenters. The van der Waals surface area contributed by atoms with Gasteiger partial charge >= 0.3 is 12.1 Å². The monoisotopic (exact) mass is 265 g/mol. The fourth-order valence-corrected chi connectivity index (χ4v) is 1.35. The standard InChI is InChI=1S/C14H19NO4/c1-10-7-5-6-8-11(10)12(16)18-9-15-13(17)19-14(2,3)4/h5-8H,9H2,1-4H3,(H,15,17). The maximum Gasteiger partial charge on any atom is 0.410 e. The summed E-state index contributed by atoms with van der Waals surface area (Å²) < 4.78 is 9.95. The lowest BCUT2D eigenvalue weighted by molar-refractivity contribution is 0.0340. The number of esters is 1. The first-order valence-electron chi connectivity index (χ1n) is 5.99. The number of benzene rings is 1. The highest BCUT2D eigenvalue weighted by atomic mass is 16.6. The molecule has 0 aliphatic carbocycles. The zero-order valence-electron chi connectivity index (χ0n) is 11.6. The van der Waals surface area contributed by atoms with Gasteiger partial charge in [0.05, 0.1) is 5.56 Å². The van der Waals surface area contributed by atoms with Crippen molar-refractivity contribution in [1.29, 1.82) is 0 Å². The van der Waals surface area contributed by atoms with Crippen molar-refractivity contribution in [2.75, 3.05) is 6.73 Å². The van der Waals surface area contributed by atoms with E-state index in [1.165, 1.54) is 0 Å².